The second kappa shape index (κ2) is 7.28. The SMILES string of the molecule is COCCC(NC(=O)c1cc(Cl)nc(Cl)c1)C(=O)O. The number of nitrogens with zero attached hydrogens (tertiary/aromatic N) is 1. The number of aromatic nitrogens is 1. The number of pyridine rings is 1. The molecule has 0 aliphatic rings. The average molecular weight is 307 g/mol. The van der Waals surface area contributed by atoms with E-state index in [1.807, 2.05) is 0 Å². The third kappa shape index (κ3) is 5.02. The molecule has 1 aromatic rings. The van der Waals surface area contributed by atoms with Gasteiger partial charge in [-0.15, -0.1) is 0 Å². The van der Waals surface area contributed by atoms with Gasteiger partial charge in [0.2, 0.25) is 0 Å². The molecule has 0 saturated heterocycles. The van der Waals surface area contributed by atoms with Crippen LogP contribution in [0.3, 0.4) is 0 Å². The topological polar surface area (TPSA) is 88.5 Å². The van der Waals surface area contributed by atoms with E-state index < -0.39 is 17.9 Å². The van der Waals surface area contributed by atoms with Crippen LogP contribution >= 0.6 is 23.2 Å². The molecule has 0 bridgehead atoms. The molecule has 0 saturated carbocycles. The van der Waals surface area contributed by atoms with E-state index in [0.717, 1.165) is 0 Å². The molecular formula is C11H12Cl2N2O4. The summed E-state index contributed by atoms with van der Waals surface area (Å²) in [6.07, 6.45) is 0.157. The zero-order valence-electron chi connectivity index (χ0n) is 10.0. The van der Waals surface area contributed by atoms with Gasteiger partial charge in [-0.3, -0.25) is 4.79 Å². The molecule has 1 amide bonds. The number of nitrogens with one attached hydrogen (secondary N) is 1. The number of carboxylic acids is 1. The summed E-state index contributed by atoms with van der Waals surface area (Å²) >= 11 is 11.3. The Morgan fingerprint density at radius 1 is 1.42 bits per heavy atom. The van der Waals surface area contributed by atoms with Crippen LogP contribution in [-0.2, 0) is 9.53 Å². The van der Waals surface area contributed by atoms with Crippen molar-refractivity contribution in [1.82, 2.24) is 10.3 Å². The fraction of sp³-hybridized carbons (Fsp3) is 0.364. The molecule has 6 nitrogen and oxygen atoms in total. The third-order valence-electron chi connectivity index (χ3n) is 2.24. The number of hydrogen-bond donors (Lipinski definition) is 2. The molecule has 1 unspecified atom stereocenters. The number of rotatable bonds is 6. The third-order valence-corrected chi connectivity index (χ3v) is 2.63. The molecule has 8 heteroatoms. The Labute approximate surface area is 119 Å². The molecule has 0 radical (unpaired) electrons. The first-order valence-corrected chi connectivity index (χ1v) is 6.05. The maximum atomic E-state index is 11.9. The summed E-state index contributed by atoms with van der Waals surface area (Å²) < 4.78 is 4.78. The number of carboxylic acid groups (broad SMARTS) is 1. The van der Waals surface area contributed by atoms with E-state index in [4.69, 9.17) is 33.0 Å². The normalized spacial score (nSPS) is 11.9. The highest BCUT2D eigenvalue weighted by molar-refractivity contribution is 6.33. The van der Waals surface area contributed by atoms with Gasteiger partial charge >= 0.3 is 5.97 Å². The van der Waals surface area contributed by atoms with E-state index in [-0.39, 0.29) is 28.9 Å². The number of ether oxygens (including phenoxy) is 1. The Morgan fingerprint density at radius 2 is 2.00 bits per heavy atom. The second-order valence-corrected chi connectivity index (χ2v) is 4.42. The molecule has 19 heavy (non-hydrogen) atoms. The predicted octanol–water partition coefficient (Wildman–Crippen LogP) is 1.61. The summed E-state index contributed by atoms with van der Waals surface area (Å²) in [7, 11) is 1.45. The molecular weight excluding hydrogens is 295 g/mol. The van der Waals surface area contributed by atoms with Gasteiger partial charge in [-0.25, -0.2) is 9.78 Å². The van der Waals surface area contributed by atoms with E-state index in [0.29, 0.717) is 0 Å². The van der Waals surface area contributed by atoms with Crippen molar-refractivity contribution >= 4 is 35.1 Å². The van der Waals surface area contributed by atoms with E-state index >= 15 is 0 Å². The maximum Gasteiger partial charge on any atom is 0.326 e. The number of hydrogen-bond acceptors (Lipinski definition) is 4. The van der Waals surface area contributed by atoms with Gasteiger partial charge in [0.15, 0.2) is 0 Å². The lowest BCUT2D eigenvalue weighted by molar-refractivity contribution is -0.139. The monoisotopic (exact) mass is 306 g/mol. The van der Waals surface area contributed by atoms with Crippen LogP contribution in [0, 0.1) is 0 Å². The van der Waals surface area contributed by atoms with Gasteiger partial charge in [-0.05, 0) is 12.1 Å². The highest BCUT2D eigenvalue weighted by atomic mass is 35.5. The summed E-state index contributed by atoms with van der Waals surface area (Å²) in [6.45, 7) is 0.217. The van der Waals surface area contributed by atoms with Gasteiger partial charge in [-0.2, -0.15) is 0 Å². The first-order valence-electron chi connectivity index (χ1n) is 5.29. The lowest BCUT2D eigenvalue weighted by Gasteiger charge is -2.14. The first-order chi connectivity index (χ1) is 8.93. The molecule has 0 spiro atoms. The average Bonchev–Trinajstić information content (AvgIpc) is 2.32. The van der Waals surface area contributed by atoms with Crippen LogP contribution in [0.25, 0.3) is 0 Å². The van der Waals surface area contributed by atoms with Gasteiger partial charge in [0.1, 0.15) is 16.3 Å². The van der Waals surface area contributed by atoms with Crippen molar-refractivity contribution in [2.45, 2.75) is 12.5 Å². The van der Waals surface area contributed by atoms with E-state index in [1.54, 1.807) is 0 Å². The van der Waals surface area contributed by atoms with Crippen molar-refractivity contribution in [1.29, 1.82) is 0 Å². The van der Waals surface area contributed by atoms with Crippen molar-refractivity contribution < 1.29 is 19.4 Å². The highest BCUT2D eigenvalue weighted by Crippen LogP contribution is 2.14. The Hall–Kier alpha value is -1.37. The number of aliphatic carboxylic acids is 1. The molecule has 104 valence electrons. The van der Waals surface area contributed by atoms with Crippen LogP contribution < -0.4 is 5.32 Å². The van der Waals surface area contributed by atoms with Crippen LogP contribution in [0.2, 0.25) is 10.3 Å². The van der Waals surface area contributed by atoms with Gasteiger partial charge in [0.25, 0.3) is 5.91 Å². The minimum Gasteiger partial charge on any atom is -0.480 e. The number of carbonyl (C=O) groups is 2. The van der Waals surface area contributed by atoms with E-state index in [9.17, 15) is 9.59 Å². The fourth-order valence-electron chi connectivity index (χ4n) is 1.33. The van der Waals surface area contributed by atoms with E-state index in [1.165, 1.54) is 19.2 Å². The van der Waals surface area contributed by atoms with Crippen molar-refractivity contribution in [2.75, 3.05) is 13.7 Å². The fourth-order valence-corrected chi connectivity index (χ4v) is 1.79. The zero-order chi connectivity index (χ0) is 14.4. The smallest absolute Gasteiger partial charge is 0.326 e. The quantitative estimate of drug-likeness (QED) is 0.779. The lowest BCUT2D eigenvalue weighted by Crippen LogP contribution is -2.41. The van der Waals surface area contributed by atoms with Crippen molar-refractivity contribution in [2.24, 2.45) is 0 Å². The number of halogens is 2. The second-order valence-electron chi connectivity index (χ2n) is 3.65. The highest BCUT2D eigenvalue weighted by Gasteiger charge is 2.20. The molecule has 0 aliphatic carbocycles. The van der Waals surface area contributed by atoms with Gasteiger partial charge in [0, 0.05) is 25.7 Å². The lowest BCUT2D eigenvalue weighted by atomic mass is 10.2. The largest absolute Gasteiger partial charge is 0.480 e. The van der Waals surface area contributed by atoms with Crippen LogP contribution in [0.5, 0.6) is 0 Å². The number of methoxy groups -OCH3 is 1. The van der Waals surface area contributed by atoms with Gasteiger partial charge in [-0.1, -0.05) is 23.2 Å². The van der Waals surface area contributed by atoms with Crippen LogP contribution in [-0.4, -0.2) is 41.7 Å². The summed E-state index contributed by atoms with van der Waals surface area (Å²) in [4.78, 5) is 26.5. The van der Waals surface area contributed by atoms with Crippen molar-refractivity contribution in [3.05, 3.63) is 28.0 Å². The summed E-state index contributed by atoms with van der Waals surface area (Å²) in [5.41, 5.74) is 0.147. The number of carbonyl (C=O) groups excluding carboxylic acids is 1. The molecule has 1 rings (SSSR count). The van der Waals surface area contributed by atoms with Crippen molar-refractivity contribution in [3.8, 4) is 0 Å². The minimum atomic E-state index is -1.14. The number of amides is 1. The molecule has 0 aliphatic heterocycles. The minimum absolute atomic E-state index is 0.0569. The van der Waals surface area contributed by atoms with Crippen LogP contribution in [0.15, 0.2) is 12.1 Å². The molecule has 1 atom stereocenters. The van der Waals surface area contributed by atoms with Crippen LogP contribution in [0.4, 0.5) is 0 Å². The predicted molar refractivity (Wildman–Crippen MR) is 69.6 cm³/mol. The molecule has 0 fully saturated rings. The summed E-state index contributed by atoms with van der Waals surface area (Å²) in [5, 5.41) is 11.4. The molecule has 2 N–H and O–H groups in total. The van der Waals surface area contributed by atoms with Gasteiger partial charge in [0.05, 0.1) is 0 Å². The van der Waals surface area contributed by atoms with Crippen LogP contribution in [0.1, 0.15) is 16.8 Å². The van der Waals surface area contributed by atoms with Crippen molar-refractivity contribution in [3.63, 3.8) is 0 Å². The summed E-state index contributed by atoms with van der Waals surface area (Å²) in [6, 6.07) is 1.56. The Balaban J connectivity index is 2.78. The van der Waals surface area contributed by atoms with Gasteiger partial charge < -0.3 is 15.2 Å². The van der Waals surface area contributed by atoms with E-state index in [2.05, 4.69) is 10.3 Å². The standard InChI is InChI=1S/C11H12Cl2N2O4/c1-19-3-2-7(11(17)18)14-10(16)6-4-8(12)15-9(13)5-6/h4-5,7H,2-3H2,1H3,(H,14,16)(H,17,18). The molecule has 1 aromatic heterocycles. The summed E-state index contributed by atoms with van der Waals surface area (Å²) in [5.74, 6) is -1.73. The Morgan fingerprint density at radius 3 is 2.47 bits per heavy atom. The Kier molecular flexibility index (Phi) is 6.01. The first kappa shape index (κ1) is 15.7. The zero-order valence-corrected chi connectivity index (χ0v) is 11.5. The molecule has 0 aromatic carbocycles. The Bertz CT molecular complexity index is 462. The maximum absolute atomic E-state index is 11.9. The molecule has 1 heterocycles.